The number of halogens is 3. The van der Waals surface area contributed by atoms with Crippen molar-refractivity contribution in [3.63, 3.8) is 0 Å². The minimum Gasteiger partial charge on any atom is -0.378 e. The first-order valence-corrected chi connectivity index (χ1v) is 9.58. The number of hydrogen-bond acceptors (Lipinski definition) is 4. The number of aromatic nitrogens is 1. The molecular formula is C22H18F3N3O3. The lowest BCUT2D eigenvalue weighted by molar-refractivity contribution is -0.136. The molecule has 2 amide bonds. The zero-order valence-electron chi connectivity index (χ0n) is 16.3. The van der Waals surface area contributed by atoms with Crippen LogP contribution in [0.15, 0.2) is 54.7 Å². The Bertz CT molecular complexity index is 1140. The summed E-state index contributed by atoms with van der Waals surface area (Å²) in [5, 5.41) is 2.31. The Hall–Kier alpha value is -3.46. The number of alkyl halides is 3. The van der Waals surface area contributed by atoms with Crippen molar-refractivity contribution >= 4 is 28.4 Å². The molecule has 1 N–H and O–H groups in total. The van der Waals surface area contributed by atoms with Crippen molar-refractivity contribution in [1.29, 1.82) is 0 Å². The average Bonchev–Trinajstić information content (AvgIpc) is 2.77. The summed E-state index contributed by atoms with van der Waals surface area (Å²) in [6.07, 6.45) is -3.83. The van der Waals surface area contributed by atoms with Crippen molar-refractivity contribution in [1.82, 2.24) is 9.88 Å². The summed E-state index contributed by atoms with van der Waals surface area (Å²) < 4.78 is 46.6. The van der Waals surface area contributed by atoms with Crippen molar-refractivity contribution in [2.45, 2.75) is 6.18 Å². The molecule has 1 aromatic heterocycles. The first-order chi connectivity index (χ1) is 14.8. The molecule has 0 unspecified atom stereocenters. The van der Waals surface area contributed by atoms with Crippen molar-refractivity contribution in [3.05, 3.63) is 71.4 Å². The Labute approximate surface area is 175 Å². The fourth-order valence-corrected chi connectivity index (χ4v) is 3.50. The maximum Gasteiger partial charge on any atom is 0.417 e. The lowest BCUT2D eigenvalue weighted by Gasteiger charge is -2.27. The van der Waals surface area contributed by atoms with Crippen LogP contribution in [0.3, 0.4) is 0 Å². The number of fused-ring (bicyclic) bond motifs is 1. The smallest absolute Gasteiger partial charge is 0.378 e. The Kier molecular flexibility index (Phi) is 5.60. The second-order valence-corrected chi connectivity index (χ2v) is 7.00. The van der Waals surface area contributed by atoms with Crippen LogP contribution in [0.2, 0.25) is 0 Å². The van der Waals surface area contributed by atoms with E-state index in [2.05, 4.69) is 10.3 Å². The minimum absolute atomic E-state index is 0.143. The van der Waals surface area contributed by atoms with E-state index in [0.717, 1.165) is 6.20 Å². The van der Waals surface area contributed by atoms with Crippen molar-refractivity contribution < 1.29 is 27.5 Å². The second kappa shape index (κ2) is 8.35. The maximum absolute atomic E-state index is 13.8. The highest BCUT2D eigenvalue weighted by Crippen LogP contribution is 2.37. The average molecular weight is 429 g/mol. The molecule has 4 rings (SSSR count). The van der Waals surface area contributed by atoms with Crippen LogP contribution in [0.25, 0.3) is 10.9 Å². The molecule has 1 fully saturated rings. The van der Waals surface area contributed by atoms with Gasteiger partial charge in [-0.1, -0.05) is 24.3 Å². The standard InChI is InChI=1S/C22H18F3N3O3/c23-22(24,25)19-16-6-1-2-7-18(16)26-13-17(19)20(29)27-15-5-3-4-14(12-15)21(30)28-8-10-31-11-9-28/h1-7,12-13H,8-11H2,(H,27,29). The van der Waals surface area contributed by atoms with Crippen LogP contribution in [-0.4, -0.2) is 48.0 Å². The molecule has 0 aliphatic carbocycles. The van der Waals surface area contributed by atoms with Gasteiger partial charge < -0.3 is 15.0 Å². The molecule has 0 spiro atoms. The van der Waals surface area contributed by atoms with E-state index < -0.39 is 23.2 Å². The molecule has 0 atom stereocenters. The van der Waals surface area contributed by atoms with E-state index in [1.807, 2.05) is 0 Å². The molecule has 2 aromatic carbocycles. The van der Waals surface area contributed by atoms with Gasteiger partial charge in [0.1, 0.15) is 0 Å². The Balaban J connectivity index is 1.63. The summed E-state index contributed by atoms with van der Waals surface area (Å²) in [5.74, 6) is -1.19. The number of hydrogen-bond donors (Lipinski definition) is 1. The van der Waals surface area contributed by atoms with Crippen molar-refractivity contribution in [3.8, 4) is 0 Å². The quantitative estimate of drug-likeness (QED) is 0.684. The van der Waals surface area contributed by atoms with E-state index in [1.165, 1.54) is 30.3 Å². The van der Waals surface area contributed by atoms with Crippen LogP contribution >= 0.6 is 0 Å². The number of nitrogens with one attached hydrogen (secondary N) is 1. The predicted octanol–water partition coefficient (Wildman–Crippen LogP) is 3.98. The fraction of sp³-hybridized carbons (Fsp3) is 0.227. The highest BCUT2D eigenvalue weighted by Gasteiger charge is 2.37. The monoisotopic (exact) mass is 429 g/mol. The Morgan fingerprint density at radius 2 is 1.77 bits per heavy atom. The lowest BCUT2D eigenvalue weighted by Crippen LogP contribution is -2.40. The fourth-order valence-electron chi connectivity index (χ4n) is 3.50. The third kappa shape index (κ3) is 4.36. The van der Waals surface area contributed by atoms with Gasteiger partial charge in [-0.3, -0.25) is 14.6 Å². The SMILES string of the molecule is O=C(Nc1cccc(C(=O)N2CCOCC2)c1)c1cnc2ccccc2c1C(F)(F)F. The number of carbonyl (C=O) groups is 2. The Morgan fingerprint density at radius 1 is 1.03 bits per heavy atom. The number of pyridine rings is 1. The zero-order chi connectivity index (χ0) is 22.0. The highest BCUT2D eigenvalue weighted by atomic mass is 19.4. The van der Waals surface area contributed by atoms with Crippen LogP contribution < -0.4 is 5.32 Å². The number of benzene rings is 2. The summed E-state index contributed by atoms with van der Waals surface area (Å²) in [6.45, 7) is 1.79. The van der Waals surface area contributed by atoms with Crippen LogP contribution in [0, 0.1) is 0 Å². The summed E-state index contributed by atoms with van der Waals surface area (Å²) in [5.41, 5.74) is -0.950. The van der Waals surface area contributed by atoms with Gasteiger partial charge >= 0.3 is 6.18 Å². The van der Waals surface area contributed by atoms with Crippen LogP contribution in [0.1, 0.15) is 26.3 Å². The summed E-state index contributed by atoms with van der Waals surface area (Å²) in [7, 11) is 0. The number of ether oxygens (including phenoxy) is 1. The van der Waals surface area contributed by atoms with Gasteiger partial charge in [-0.2, -0.15) is 13.2 Å². The van der Waals surface area contributed by atoms with Gasteiger partial charge in [0, 0.05) is 35.9 Å². The molecule has 31 heavy (non-hydrogen) atoms. The lowest BCUT2D eigenvalue weighted by atomic mass is 10.0. The molecule has 0 saturated carbocycles. The molecular weight excluding hydrogens is 411 g/mol. The zero-order valence-corrected chi connectivity index (χ0v) is 16.3. The Morgan fingerprint density at radius 3 is 2.52 bits per heavy atom. The molecule has 1 saturated heterocycles. The summed E-state index contributed by atoms with van der Waals surface area (Å²) in [6, 6.07) is 11.9. The molecule has 6 nitrogen and oxygen atoms in total. The third-order valence-electron chi connectivity index (χ3n) is 4.97. The largest absolute Gasteiger partial charge is 0.417 e. The van der Waals surface area contributed by atoms with Gasteiger partial charge in [0.05, 0.1) is 29.9 Å². The van der Waals surface area contributed by atoms with E-state index in [0.29, 0.717) is 31.9 Å². The van der Waals surface area contributed by atoms with Crippen LogP contribution in [-0.2, 0) is 10.9 Å². The molecule has 3 aromatic rings. The molecule has 0 bridgehead atoms. The summed E-state index contributed by atoms with van der Waals surface area (Å²) >= 11 is 0. The third-order valence-corrected chi connectivity index (χ3v) is 4.97. The number of morpholine rings is 1. The highest BCUT2D eigenvalue weighted by molar-refractivity contribution is 6.08. The van der Waals surface area contributed by atoms with Crippen molar-refractivity contribution in [2.24, 2.45) is 0 Å². The molecule has 160 valence electrons. The normalized spacial score (nSPS) is 14.5. The molecule has 0 radical (unpaired) electrons. The second-order valence-electron chi connectivity index (χ2n) is 7.00. The van der Waals surface area contributed by atoms with Crippen molar-refractivity contribution in [2.75, 3.05) is 31.6 Å². The van der Waals surface area contributed by atoms with E-state index >= 15 is 0 Å². The number of carbonyl (C=O) groups excluding carboxylic acids is 2. The molecule has 1 aliphatic heterocycles. The van der Waals surface area contributed by atoms with Gasteiger partial charge in [-0.25, -0.2) is 0 Å². The van der Waals surface area contributed by atoms with E-state index in [-0.39, 0.29) is 22.5 Å². The van der Waals surface area contributed by atoms with Gasteiger partial charge in [0.2, 0.25) is 0 Å². The van der Waals surface area contributed by atoms with Gasteiger partial charge in [0.15, 0.2) is 0 Å². The van der Waals surface area contributed by atoms with Gasteiger partial charge in [-0.15, -0.1) is 0 Å². The number of amides is 2. The summed E-state index contributed by atoms with van der Waals surface area (Å²) in [4.78, 5) is 31.0. The molecule has 1 aliphatic rings. The number of nitrogens with zero attached hydrogens (tertiary/aromatic N) is 2. The first kappa shape index (κ1) is 20.8. The maximum atomic E-state index is 13.8. The van der Waals surface area contributed by atoms with Gasteiger partial charge in [0.25, 0.3) is 11.8 Å². The number of rotatable bonds is 3. The van der Waals surface area contributed by atoms with E-state index in [9.17, 15) is 22.8 Å². The van der Waals surface area contributed by atoms with E-state index in [1.54, 1.807) is 23.1 Å². The first-order valence-electron chi connectivity index (χ1n) is 9.58. The van der Waals surface area contributed by atoms with Crippen LogP contribution in [0.4, 0.5) is 18.9 Å². The minimum atomic E-state index is -4.75. The predicted molar refractivity (Wildman–Crippen MR) is 108 cm³/mol. The number of anilines is 1. The van der Waals surface area contributed by atoms with E-state index in [4.69, 9.17) is 4.74 Å². The molecule has 9 heteroatoms. The van der Waals surface area contributed by atoms with Gasteiger partial charge in [-0.05, 0) is 24.3 Å². The molecule has 2 heterocycles. The van der Waals surface area contributed by atoms with Crippen LogP contribution in [0.5, 0.6) is 0 Å². The topological polar surface area (TPSA) is 71.5 Å². The number of para-hydroxylation sites is 1.